The van der Waals surface area contributed by atoms with E-state index in [9.17, 15) is 18.0 Å². The summed E-state index contributed by atoms with van der Waals surface area (Å²) in [6.45, 7) is 1.98. The van der Waals surface area contributed by atoms with Gasteiger partial charge in [-0.1, -0.05) is 18.2 Å². The maximum Gasteiger partial charge on any atom is 0.573 e. The topological polar surface area (TPSA) is 68.2 Å². The number of hydrogen-bond donors (Lipinski definition) is 2. The Morgan fingerprint density at radius 3 is 2.82 bits per heavy atom. The number of halogens is 4. The zero-order valence-corrected chi connectivity index (χ0v) is 15.9. The number of benzene rings is 1. The van der Waals surface area contributed by atoms with Crippen LogP contribution in [0.15, 0.2) is 36.5 Å². The van der Waals surface area contributed by atoms with Gasteiger partial charge in [0.1, 0.15) is 11.4 Å². The molecule has 1 aromatic carbocycles. The van der Waals surface area contributed by atoms with E-state index in [1.807, 2.05) is 0 Å². The van der Waals surface area contributed by atoms with Crippen molar-refractivity contribution in [3.63, 3.8) is 0 Å². The molecule has 2 aromatic rings. The lowest BCUT2D eigenvalue weighted by molar-refractivity contribution is -0.274. The largest absolute Gasteiger partial charge is 0.573 e. The van der Waals surface area contributed by atoms with Crippen LogP contribution in [0.5, 0.6) is 5.75 Å². The van der Waals surface area contributed by atoms with E-state index in [1.165, 1.54) is 18.2 Å². The summed E-state index contributed by atoms with van der Waals surface area (Å²) in [6, 6.07) is 7.76. The molecule has 154 valence electrons. The molecule has 6 nitrogen and oxygen atoms in total. The van der Waals surface area contributed by atoms with Gasteiger partial charge in [-0.25, -0.2) is 0 Å². The van der Waals surface area contributed by atoms with Gasteiger partial charge in [-0.05, 0) is 43.5 Å². The van der Waals surface area contributed by atoms with E-state index in [1.54, 1.807) is 23.0 Å². The number of hydrogen-bond acceptors (Lipinski definition) is 4. The first-order chi connectivity index (χ1) is 12.9. The van der Waals surface area contributed by atoms with Gasteiger partial charge in [0.2, 0.25) is 0 Å². The molecule has 3 rings (SSSR count). The number of carbonyl (C=O) groups is 1. The first-order valence-electron chi connectivity index (χ1n) is 8.80. The van der Waals surface area contributed by atoms with Gasteiger partial charge < -0.3 is 15.4 Å². The van der Waals surface area contributed by atoms with Crippen LogP contribution in [0.2, 0.25) is 0 Å². The number of para-hydroxylation sites is 1. The van der Waals surface area contributed by atoms with Crippen LogP contribution in [-0.4, -0.2) is 41.7 Å². The van der Waals surface area contributed by atoms with Crippen molar-refractivity contribution in [2.75, 3.05) is 19.6 Å². The van der Waals surface area contributed by atoms with Gasteiger partial charge in [-0.2, -0.15) is 5.10 Å². The van der Waals surface area contributed by atoms with Crippen LogP contribution in [0.25, 0.3) is 0 Å². The number of aromatic nitrogens is 2. The summed E-state index contributed by atoms with van der Waals surface area (Å²) in [5.74, 6) is -0.611. The standard InChI is InChI=1S/C18H21F3N4O2.ClH/c19-18(20,21)27-16-6-2-1-4-13(16)7-10-23-17(26)15-8-11-25(24-15)14-5-3-9-22-12-14;/h1-2,4,6,8,11,14,22H,3,5,7,9-10,12H2,(H,23,26);1H. The highest BCUT2D eigenvalue weighted by Crippen LogP contribution is 2.26. The maximum absolute atomic E-state index is 12.4. The van der Waals surface area contributed by atoms with Crippen molar-refractivity contribution in [3.8, 4) is 5.75 Å². The summed E-state index contributed by atoms with van der Waals surface area (Å²) in [7, 11) is 0. The number of nitrogens with zero attached hydrogens (tertiary/aromatic N) is 2. The number of alkyl halides is 3. The average Bonchev–Trinajstić information content (AvgIpc) is 3.13. The van der Waals surface area contributed by atoms with Crippen LogP contribution < -0.4 is 15.4 Å². The molecule has 0 radical (unpaired) electrons. The molecule has 0 bridgehead atoms. The molecule has 1 aliphatic heterocycles. The first-order valence-corrected chi connectivity index (χ1v) is 8.80. The minimum atomic E-state index is -4.75. The summed E-state index contributed by atoms with van der Waals surface area (Å²) >= 11 is 0. The lowest BCUT2D eigenvalue weighted by Gasteiger charge is -2.22. The molecular formula is C18H22ClF3N4O2. The number of rotatable bonds is 6. The Bertz CT molecular complexity index is 776. The summed E-state index contributed by atoms with van der Waals surface area (Å²) in [4.78, 5) is 12.2. The fourth-order valence-corrected chi connectivity index (χ4v) is 3.06. The predicted molar refractivity (Wildman–Crippen MR) is 99.8 cm³/mol. The van der Waals surface area contributed by atoms with Crippen LogP contribution in [0.3, 0.4) is 0 Å². The summed E-state index contributed by atoms with van der Waals surface area (Å²) in [6.07, 6.45) is -0.693. The van der Waals surface area contributed by atoms with Crippen LogP contribution in [-0.2, 0) is 6.42 Å². The van der Waals surface area contributed by atoms with Gasteiger partial charge in [0, 0.05) is 19.3 Å². The van der Waals surface area contributed by atoms with Crippen molar-refractivity contribution in [1.29, 1.82) is 0 Å². The monoisotopic (exact) mass is 418 g/mol. The van der Waals surface area contributed by atoms with Crippen molar-refractivity contribution in [2.45, 2.75) is 31.7 Å². The molecule has 10 heteroatoms. The van der Waals surface area contributed by atoms with E-state index in [4.69, 9.17) is 0 Å². The summed E-state index contributed by atoms with van der Waals surface area (Å²) < 4.78 is 43.1. The Morgan fingerprint density at radius 1 is 1.32 bits per heavy atom. The SMILES string of the molecule is Cl.O=C(NCCc1ccccc1OC(F)(F)F)c1ccn(C2CCCNC2)n1. The highest BCUT2D eigenvalue weighted by atomic mass is 35.5. The molecule has 2 heterocycles. The van der Waals surface area contributed by atoms with E-state index in [2.05, 4.69) is 20.5 Å². The first kappa shape index (κ1) is 22.0. The molecule has 0 spiro atoms. The van der Waals surface area contributed by atoms with Gasteiger partial charge >= 0.3 is 6.36 Å². The molecular weight excluding hydrogens is 397 g/mol. The van der Waals surface area contributed by atoms with Gasteiger partial charge in [0.25, 0.3) is 5.91 Å². The Balaban J connectivity index is 0.00000280. The van der Waals surface area contributed by atoms with Gasteiger partial charge in [0.05, 0.1) is 6.04 Å². The molecule has 1 amide bonds. The zero-order valence-electron chi connectivity index (χ0n) is 15.0. The number of nitrogens with one attached hydrogen (secondary N) is 2. The number of ether oxygens (including phenoxy) is 1. The molecule has 1 atom stereocenters. The van der Waals surface area contributed by atoms with Crippen molar-refractivity contribution in [1.82, 2.24) is 20.4 Å². The quantitative estimate of drug-likeness (QED) is 0.756. The van der Waals surface area contributed by atoms with E-state index in [-0.39, 0.29) is 43.1 Å². The second kappa shape index (κ2) is 9.79. The predicted octanol–water partition coefficient (Wildman–Crippen LogP) is 3.10. The number of amides is 1. The molecule has 1 unspecified atom stereocenters. The highest BCUT2D eigenvalue weighted by Gasteiger charge is 2.31. The molecule has 2 N–H and O–H groups in total. The molecule has 0 saturated carbocycles. The van der Waals surface area contributed by atoms with Crippen molar-refractivity contribution >= 4 is 18.3 Å². The Hall–Kier alpha value is -2.26. The van der Waals surface area contributed by atoms with E-state index in [0.29, 0.717) is 11.3 Å². The second-order valence-electron chi connectivity index (χ2n) is 6.34. The third kappa shape index (κ3) is 6.13. The van der Waals surface area contributed by atoms with Crippen LogP contribution in [0, 0.1) is 0 Å². The number of piperidine rings is 1. The second-order valence-corrected chi connectivity index (χ2v) is 6.34. The third-order valence-corrected chi connectivity index (χ3v) is 4.36. The normalized spacial score (nSPS) is 16.9. The van der Waals surface area contributed by atoms with E-state index in [0.717, 1.165) is 25.9 Å². The Labute approximate surface area is 166 Å². The average molecular weight is 419 g/mol. The third-order valence-electron chi connectivity index (χ3n) is 4.36. The maximum atomic E-state index is 12.4. The van der Waals surface area contributed by atoms with Crippen LogP contribution in [0.1, 0.15) is 34.9 Å². The van der Waals surface area contributed by atoms with Gasteiger partial charge in [-0.3, -0.25) is 9.48 Å². The molecule has 1 saturated heterocycles. The Kier molecular flexibility index (Phi) is 7.70. The zero-order chi connectivity index (χ0) is 19.3. The summed E-state index contributed by atoms with van der Waals surface area (Å²) in [5.41, 5.74) is 0.661. The number of carbonyl (C=O) groups excluding carboxylic acids is 1. The van der Waals surface area contributed by atoms with Crippen molar-refractivity contribution < 1.29 is 22.7 Å². The molecule has 28 heavy (non-hydrogen) atoms. The van der Waals surface area contributed by atoms with Crippen LogP contribution >= 0.6 is 12.4 Å². The van der Waals surface area contributed by atoms with E-state index < -0.39 is 6.36 Å². The van der Waals surface area contributed by atoms with E-state index >= 15 is 0 Å². The van der Waals surface area contributed by atoms with Gasteiger partial charge in [0.15, 0.2) is 0 Å². The lowest BCUT2D eigenvalue weighted by Crippen LogP contribution is -2.32. The lowest BCUT2D eigenvalue weighted by atomic mass is 10.1. The molecule has 0 aliphatic carbocycles. The fraction of sp³-hybridized carbons (Fsp3) is 0.444. The van der Waals surface area contributed by atoms with Crippen LogP contribution in [0.4, 0.5) is 13.2 Å². The van der Waals surface area contributed by atoms with Crippen molar-refractivity contribution in [2.24, 2.45) is 0 Å². The van der Waals surface area contributed by atoms with Gasteiger partial charge in [-0.15, -0.1) is 25.6 Å². The summed E-state index contributed by atoms with van der Waals surface area (Å²) in [5, 5.41) is 10.3. The highest BCUT2D eigenvalue weighted by molar-refractivity contribution is 5.92. The Morgan fingerprint density at radius 2 is 2.11 bits per heavy atom. The molecule has 1 aliphatic rings. The minimum absolute atomic E-state index is 0. The minimum Gasteiger partial charge on any atom is -0.406 e. The molecule has 1 aromatic heterocycles. The van der Waals surface area contributed by atoms with Crippen molar-refractivity contribution in [3.05, 3.63) is 47.8 Å². The molecule has 1 fully saturated rings. The fourth-order valence-electron chi connectivity index (χ4n) is 3.06. The smallest absolute Gasteiger partial charge is 0.406 e.